The first-order valence-corrected chi connectivity index (χ1v) is 19.5. The van der Waals surface area contributed by atoms with Crippen LogP contribution in [0.15, 0.2) is 194 Å². The predicted molar refractivity (Wildman–Crippen MR) is 237 cm³/mol. The van der Waals surface area contributed by atoms with E-state index in [2.05, 4.69) is 143 Å². The Kier molecular flexibility index (Phi) is 7.13. The highest BCUT2D eigenvalue weighted by Gasteiger charge is 2.31. The lowest BCUT2D eigenvalue weighted by atomic mass is 9.91. The van der Waals surface area contributed by atoms with E-state index in [4.69, 9.17) is 19.9 Å². The molecule has 0 spiro atoms. The molecular weight excluding hydrogens is 709 g/mol. The zero-order valence-corrected chi connectivity index (χ0v) is 31.2. The number of aromatic nitrogens is 5. The van der Waals surface area contributed by atoms with Gasteiger partial charge in [0.25, 0.3) is 0 Å². The molecule has 270 valence electrons. The minimum Gasteiger partial charge on any atom is -0.309 e. The topological polar surface area (TPSA) is 59.7 Å². The molecule has 6 heteroatoms. The molecule has 3 aromatic heterocycles. The van der Waals surface area contributed by atoms with Gasteiger partial charge in [-0.1, -0.05) is 140 Å². The van der Waals surface area contributed by atoms with E-state index in [1.165, 1.54) is 21.8 Å². The molecule has 58 heavy (non-hydrogen) atoms. The molecular formula is C52H32N6. The van der Waals surface area contributed by atoms with Gasteiger partial charge < -0.3 is 4.57 Å². The van der Waals surface area contributed by atoms with E-state index in [0.717, 1.165) is 72.2 Å². The molecule has 8 aromatic carbocycles. The summed E-state index contributed by atoms with van der Waals surface area (Å²) in [6.45, 7) is 0. The van der Waals surface area contributed by atoms with Gasteiger partial charge in [-0.15, -0.1) is 0 Å². The third-order valence-electron chi connectivity index (χ3n) is 11.3. The van der Waals surface area contributed by atoms with Gasteiger partial charge in [-0.2, -0.15) is 9.97 Å². The quantitative estimate of drug-likeness (QED) is 0.164. The van der Waals surface area contributed by atoms with Crippen molar-refractivity contribution in [2.75, 3.05) is 4.90 Å². The second kappa shape index (κ2) is 12.8. The number of hydrogen-bond acceptors (Lipinski definition) is 5. The SMILES string of the molecule is c1ccc(-c2nc(-c3ccccc3)nc(N3c4ccc(-c5ccc6c(c5)c5ccccc5n6-c5ccccc5)cc4-c4nc5ccccc5c5cccc3c45)n2)cc1. The fourth-order valence-electron chi connectivity index (χ4n) is 8.72. The van der Waals surface area contributed by atoms with Crippen LogP contribution in [0.1, 0.15) is 0 Å². The molecule has 0 N–H and O–H groups in total. The van der Waals surface area contributed by atoms with Crippen molar-refractivity contribution in [3.63, 3.8) is 0 Å². The number of nitrogens with zero attached hydrogens (tertiary/aromatic N) is 6. The van der Waals surface area contributed by atoms with Gasteiger partial charge in [0.1, 0.15) is 0 Å². The highest BCUT2D eigenvalue weighted by atomic mass is 15.3. The molecule has 0 radical (unpaired) electrons. The summed E-state index contributed by atoms with van der Waals surface area (Å²) in [5, 5.41) is 5.73. The maximum absolute atomic E-state index is 5.41. The summed E-state index contributed by atoms with van der Waals surface area (Å²) in [6.07, 6.45) is 0. The van der Waals surface area contributed by atoms with Crippen LogP contribution in [0.25, 0.3) is 94.3 Å². The molecule has 1 aliphatic rings. The Labute approximate surface area is 334 Å². The smallest absolute Gasteiger partial charge is 0.238 e. The van der Waals surface area contributed by atoms with Gasteiger partial charge in [-0.05, 0) is 71.1 Å². The van der Waals surface area contributed by atoms with Gasteiger partial charge in [-0.25, -0.2) is 9.97 Å². The summed E-state index contributed by atoms with van der Waals surface area (Å²) < 4.78 is 2.36. The van der Waals surface area contributed by atoms with Crippen LogP contribution in [-0.2, 0) is 0 Å². The number of hydrogen-bond donors (Lipinski definition) is 0. The molecule has 0 amide bonds. The summed E-state index contributed by atoms with van der Waals surface area (Å²) in [5.41, 5.74) is 12.4. The van der Waals surface area contributed by atoms with Crippen molar-refractivity contribution in [2.45, 2.75) is 0 Å². The average molecular weight is 741 g/mol. The van der Waals surface area contributed by atoms with Crippen molar-refractivity contribution in [2.24, 2.45) is 0 Å². The normalized spacial score (nSPS) is 12.1. The first-order valence-electron chi connectivity index (χ1n) is 19.5. The van der Waals surface area contributed by atoms with Crippen LogP contribution in [0.3, 0.4) is 0 Å². The van der Waals surface area contributed by atoms with E-state index < -0.39 is 0 Å². The number of benzene rings is 8. The second-order valence-corrected chi connectivity index (χ2v) is 14.7. The van der Waals surface area contributed by atoms with Crippen molar-refractivity contribution in [1.82, 2.24) is 24.5 Å². The largest absolute Gasteiger partial charge is 0.309 e. The monoisotopic (exact) mass is 740 g/mol. The number of fused-ring (bicyclic) bond motifs is 7. The highest BCUT2D eigenvalue weighted by molar-refractivity contribution is 6.20. The maximum Gasteiger partial charge on any atom is 0.238 e. The molecule has 0 bridgehead atoms. The van der Waals surface area contributed by atoms with Gasteiger partial charge in [-0.3, -0.25) is 4.90 Å². The zero-order chi connectivity index (χ0) is 38.2. The molecule has 1 aliphatic heterocycles. The number of para-hydroxylation sites is 3. The molecule has 12 rings (SSSR count). The standard InChI is InChI=1S/C52H32N6/c1-4-15-33(16-5-1)50-54-51(34-17-6-2-7-18-34)56-52(55-50)58-46-30-28-36(32-42(46)49-48-40(23-14-26-47(48)58)38-21-10-12-24-43(38)53-49)35-27-29-45-41(31-35)39-22-11-13-25-44(39)57(45)37-19-8-3-9-20-37/h1-32H. The van der Waals surface area contributed by atoms with Gasteiger partial charge in [0.05, 0.1) is 33.6 Å². The zero-order valence-electron chi connectivity index (χ0n) is 31.2. The summed E-state index contributed by atoms with van der Waals surface area (Å²) in [4.78, 5) is 23.1. The van der Waals surface area contributed by atoms with E-state index in [1.807, 2.05) is 60.7 Å². The van der Waals surface area contributed by atoms with Crippen molar-refractivity contribution >= 4 is 60.8 Å². The molecule has 6 nitrogen and oxygen atoms in total. The lowest BCUT2D eigenvalue weighted by Gasteiger charge is -2.32. The Bertz CT molecular complexity index is 3340. The number of rotatable bonds is 5. The van der Waals surface area contributed by atoms with Gasteiger partial charge in [0.2, 0.25) is 5.95 Å². The molecule has 0 saturated heterocycles. The van der Waals surface area contributed by atoms with Crippen LogP contribution < -0.4 is 4.90 Å². The van der Waals surface area contributed by atoms with Crippen molar-refractivity contribution in [1.29, 1.82) is 0 Å². The van der Waals surface area contributed by atoms with Crippen LogP contribution >= 0.6 is 0 Å². The van der Waals surface area contributed by atoms with Crippen LogP contribution in [0.5, 0.6) is 0 Å². The van der Waals surface area contributed by atoms with Gasteiger partial charge in [0.15, 0.2) is 11.6 Å². The van der Waals surface area contributed by atoms with Crippen molar-refractivity contribution < 1.29 is 0 Å². The van der Waals surface area contributed by atoms with E-state index in [-0.39, 0.29) is 0 Å². The molecule has 4 heterocycles. The van der Waals surface area contributed by atoms with Crippen molar-refractivity contribution in [3.8, 4) is 50.8 Å². The minimum absolute atomic E-state index is 0.545. The van der Waals surface area contributed by atoms with Gasteiger partial charge >= 0.3 is 0 Å². The molecule has 0 aliphatic carbocycles. The van der Waals surface area contributed by atoms with Crippen LogP contribution in [-0.4, -0.2) is 24.5 Å². The number of pyridine rings is 1. The van der Waals surface area contributed by atoms with Crippen LogP contribution in [0.4, 0.5) is 17.3 Å². The first kappa shape index (κ1) is 32.3. The number of anilines is 3. The fourth-order valence-corrected chi connectivity index (χ4v) is 8.72. The first-order chi connectivity index (χ1) is 28.8. The van der Waals surface area contributed by atoms with Crippen molar-refractivity contribution in [3.05, 3.63) is 194 Å². The average Bonchev–Trinajstić information content (AvgIpc) is 3.63. The summed E-state index contributed by atoms with van der Waals surface area (Å²) >= 11 is 0. The Morgan fingerprint density at radius 1 is 0.362 bits per heavy atom. The Morgan fingerprint density at radius 2 is 0.966 bits per heavy atom. The predicted octanol–water partition coefficient (Wildman–Crippen LogP) is 13.1. The fraction of sp³-hybridized carbons (Fsp3) is 0. The second-order valence-electron chi connectivity index (χ2n) is 14.7. The Hall–Kier alpha value is -7.96. The van der Waals surface area contributed by atoms with E-state index in [0.29, 0.717) is 17.6 Å². The third kappa shape index (κ3) is 4.98. The van der Waals surface area contributed by atoms with Crippen LogP contribution in [0, 0.1) is 0 Å². The van der Waals surface area contributed by atoms with E-state index >= 15 is 0 Å². The lowest BCUT2D eigenvalue weighted by Crippen LogP contribution is -2.19. The Balaban J connectivity index is 1.11. The molecule has 0 unspecified atom stereocenters. The van der Waals surface area contributed by atoms with Crippen LogP contribution in [0.2, 0.25) is 0 Å². The van der Waals surface area contributed by atoms with E-state index in [9.17, 15) is 0 Å². The minimum atomic E-state index is 0.545. The molecule has 11 aromatic rings. The summed E-state index contributed by atoms with van der Waals surface area (Å²) in [6, 6.07) is 68.0. The third-order valence-corrected chi connectivity index (χ3v) is 11.3. The summed E-state index contributed by atoms with van der Waals surface area (Å²) in [7, 11) is 0. The maximum atomic E-state index is 5.41. The molecule has 0 atom stereocenters. The van der Waals surface area contributed by atoms with E-state index in [1.54, 1.807) is 0 Å². The molecule has 0 saturated carbocycles. The Morgan fingerprint density at radius 3 is 1.72 bits per heavy atom. The highest BCUT2D eigenvalue weighted by Crippen LogP contribution is 2.52. The summed E-state index contributed by atoms with van der Waals surface area (Å²) in [5.74, 6) is 1.77. The lowest BCUT2D eigenvalue weighted by molar-refractivity contribution is 1.02. The van der Waals surface area contributed by atoms with Gasteiger partial charge in [0, 0.05) is 43.9 Å². The molecule has 0 fully saturated rings.